The van der Waals surface area contributed by atoms with Gasteiger partial charge in [-0.3, -0.25) is 25.2 Å². The first-order valence-corrected chi connectivity index (χ1v) is 10.0. The first-order chi connectivity index (χ1) is 14.9. The summed E-state index contributed by atoms with van der Waals surface area (Å²) in [6.45, 7) is 3.85. The van der Waals surface area contributed by atoms with E-state index in [0.29, 0.717) is 0 Å². The molecule has 0 atom stereocenters. The second-order valence-electron chi connectivity index (χ2n) is 7.31. The van der Waals surface area contributed by atoms with E-state index in [0.717, 1.165) is 33.2 Å². The van der Waals surface area contributed by atoms with E-state index in [9.17, 15) is 14.4 Å². The van der Waals surface area contributed by atoms with Crippen LogP contribution in [0.25, 0.3) is 16.8 Å². The van der Waals surface area contributed by atoms with Crippen LogP contribution in [0.5, 0.6) is 0 Å². The fraction of sp³-hybridized carbons (Fsp3) is 0.160. The normalized spacial score (nSPS) is 10.8. The second-order valence-corrected chi connectivity index (χ2v) is 7.31. The number of hydrogen-bond acceptors (Lipinski definition) is 3. The Kier molecular flexibility index (Phi) is 7.17. The second kappa shape index (κ2) is 10.2. The Balaban J connectivity index is 1.45. The van der Waals surface area contributed by atoms with E-state index in [1.807, 2.05) is 74.5 Å². The van der Waals surface area contributed by atoms with Gasteiger partial charge in [-0.25, -0.2) is 0 Å². The van der Waals surface area contributed by atoms with E-state index in [4.69, 9.17) is 0 Å². The standard InChI is InChI=1S/C25H25N3O3/c1-17-10-11-18(2)22(16-17)26-23(29)14-15-25(31)28-27-24(30)13-12-20-8-5-7-19-6-3-4-9-21(19)20/h3-13,16H,14-15H2,1-2H3,(H,26,29)(H,27,30)(H,28,31)/b13-12+. The van der Waals surface area contributed by atoms with Gasteiger partial charge in [-0.1, -0.05) is 54.6 Å². The molecule has 0 spiro atoms. The minimum atomic E-state index is -0.457. The van der Waals surface area contributed by atoms with Gasteiger partial charge in [0.15, 0.2) is 0 Å². The molecule has 3 aromatic rings. The zero-order valence-corrected chi connectivity index (χ0v) is 17.6. The van der Waals surface area contributed by atoms with E-state index < -0.39 is 11.8 Å². The minimum Gasteiger partial charge on any atom is -0.326 e. The molecule has 0 aliphatic carbocycles. The predicted molar refractivity (Wildman–Crippen MR) is 123 cm³/mol. The summed E-state index contributed by atoms with van der Waals surface area (Å²) in [5.74, 6) is -1.16. The van der Waals surface area contributed by atoms with Gasteiger partial charge in [0.2, 0.25) is 11.8 Å². The zero-order valence-electron chi connectivity index (χ0n) is 17.6. The molecule has 6 heteroatoms. The van der Waals surface area contributed by atoms with Crippen molar-refractivity contribution in [2.24, 2.45) is 0 Å². The van der Waals surface area contributed by atoms with Crippen molar-refractivity contribution in [2.45, 2.75) is 26.7 Å². The third kappa shape index (κ3) is 6.27. The third-order valence-electron chi connectivity index (χ3n) is 4.81. The highest BCUT2D eigenvalue weighted by Crippen LogP contribution is 2.19. The molecule has 0 aromatic heterocycles. The Labute approximate surface area is 181 Å². The molecule has 0 fully saturated rings. The molecule has 158 valence electrons. The maximum absolute atomic E-state index is 12.1. The number of rotatable bonds is 6. The fourth-order valence-electron chi connectivity index (χ4n) is 3.11. The monoisotopic (exact) mass is 415 g/mol. The number of aryl methyl sites for hydroxylation is 2. The van der Waals surface area contributed by atoms with Gasteiger partial charge in [-0.05, 0) is 53.5 Å². The summed E-state index contributed by atoms with van der Waals surface area (Å²) in [4.78, 5) is 36.1. The highest BCUT2D eigenvalue weighted by Gasteiger charge is 2.09. The van der Waals surface area contributed by atoms with Crippen molar-refractivity contribution in [1.82, 2.24) is 10.9 Å². The van der Waals surface area contributed by atoms with Crippen LogP contribution in [0.15, 0.2) is 66.7 Å². The number of carbonyl (C=O) groups is 3. The van der Waals surface area contributed by atoms with Gasteiger partial charge in [0.1, 0.15) is 0 Å². The molecule has 0 radical (unpaired) electrons. The summed E-state index contributed by atoms with van der Waals surface area (Å²) in [6, 6.07) is 19.5. The van der Waals surface area contributed by atoms with Crippen molar-refractivity contribution in [3.8, 4) is 0 Å². The lowest BCUT2D eigenvalue weighted by Crippen LogP contribution is -2.41. The Morgan fingerprint density at radius 1 is 0.839 bits per heavy atom. The maximum atomic E-state index is 12.1. The Morgan fingerprint density at radius 2 is 1.58 bits per heavy atom. The molecule has 0 saturated carbocycles. The molecule has 6 nitrogen and oxygen atoms in total. The lowest BCUT2D eigenvalue weighted by atomic mass is 10.0. The number of amides is 3. The van der Waals surface area contributed by atoms with Gasteiger partial charge >= 0.3 is 0 Å². The van der Waals surface area contributed by atoms with Gasteiger partial charge in [0.25, 0.3) is 5.91 Å². The van der Waals surface area contributed by atoms with Crippen LogP contribution in [0.1, 0.15) is 29.5 Å². The zero-order chi connectivity index (χ0) is 22.2. The van der Waals surface area contributed by atoms with Gasteiger partial charge in [0, 0.05) is 24.6 Å². The van der Waals surface area contributed by atoms with Gasteiger partial charge < -0.3 is 5.32 Å². The number of anilines is 1. The Morgan fingerprint density at radius 3 is 2.42 bits per heavy atom. The molecule has 0 bridgehead atoms. The Hall–Kier alpha value is -3.93. The molecule has 3 amide bonds. The first kappa shape index (κ1) is 21.8. The van der Waals surface area contributed by atoms with Crippen LogP contribution in [0.4, 0.5) is 5.69 Å². The first-order valence-electron chi connectivity index (χ1n) is 10.0. The molecule has 0 saturated heterocycles. The molecular weight excluding hydrogens is 390 g/mol. The third-order valence-corrected chi connectivity index (χ3v) is 4.81. The molecule has 3 N–H and O–H groups in total. The van der Waals surface area contributed by atoms with Crippen LogP contribution in [0, 0.1) is 13.8 Å². The van der Waals surface area contributed by atoms with Crippen LogP contribution in [-0.2, 0) is 14.4 Å². The summed E-state index contributed by atoms with van der Waals surface area (Å²) in [5, 5.41) is 4.92. The summed E-state index contributed by atoms with van der Waals surface area (Å²) in [6.07, 6.45) is 3.03. The summed E-state index contributed by atoms with van der Waals surface area (Å²) in [7, 11) is 0. The number of hydrazine groups is 1. The van der Waals surface area contributed by atoms with Crippen LogP contribution < -0.4 is 16.2 Å². The molecule has 0 heterocycles. The van der Waals surface area contributed by atoms with Crippen LogP contribution >= 0.6 is 0 Å². The molecule has 3 aromatic carbocycles. The number of hydrogen-bond donors (Lipinski definition) is 3. The number of carbonyl (C=O) groups excluding carboxylic acids is 3. The van der Waals surface area contributed by atoms with Crippen molar-refractivity contribution in [2.75, 3.05) is 5.32 Å². The van der Waals surface area contributed by atoms with Gasteiger partial charge in [-0.2, -0.15) is 0 Å². The average Bonchev–Trinajstić information content (AvgIpc) is 2.77. The molecule has 3 rings (SSSR count). The van der Waals surface area contributed by atoms with Crippen molar-refractivity contribution in [3.63, 3.8) is 0 Å². The smallest absolute Gasteiger partial charge is 0.262 e. The van der Waals surface area contributed by atoms with E-state index >= 15 is 0 Å². The number of benzene rings is 3. The van der Waals surface area contributed by atoms with Gasteiger partial charge in [0.05, 0.1) is 0 Å². The van der Waals surface area contributed by atoms with Crippen molar-refractivity contribution in [3.05, 3.63) is 83.4 Å². The summed E-state index contributed by atoms with van der Waals surface area (Å²) in [5.41, 5.74) is 8.29. The molecular formula is C25H25N3O3. The summed E-state index contributed by atoms with van der Waals surface area (Å²) < 4.78 is 0. The van der Waals surface area contributed by atoms with E-state index in [1.165, 1.54) is 6.08 Å². The minimum absolute atomic E-state index is 0.0148. The maximum Gasteiger partial charge on any atom is 0.262 e. The fourth-order valence-corrected chi connectivity index (χ4v) is 3.11. The topological polar surface area (TPSA) is 87.3 Å². The van der Waals surface area contributed by atoms with Gasteiger partial charge in [-0.15, -0.1) is 0 Å². The quantitative estimate of drug-likeness (QED) is 0.419. The summed E-state index contributed by atoms with van der Waals surface area (Å²) >= 11 is 0. The van der Waals surface area contributed by atoms with Crippen LogP contribution in [0.3, 0.4) is 0 Å². The van der Waals surface area contributed by atoms with Crippen molar-refractivity contribution >= 4 is 40.3 Å². The average molecular weight is 415 g/mol. The highest BCUT2D eigenvalue weighted by atomic mass is 16.2. The van der Waals surface area contributed by atoms with Crippen LogP contribution in [0.2, 0.25) is 0 Å². The lowest BCUT2D eigenvalue weighted by Gasteiger charge is -2.09. The van der Waals surface area contributed by atoms with E-state index in [1.54, 1.807) is 6.08 Å². The largest absolute Gasteiger partial charge is 0.326 e. The number of nitrogens with one attached hydrogen (secondary N) is 3. The molecule has 0 unspecified atom stereocenters. The SMILES string of the molecule is Cc1ccc(C)c(NC(=O)CCC(=O)NNC(=O)/C=C/c2cccc3ccccc23)c1. The molecule has 0 aliphatic rings. The molecule has 0 aliphatic heterocycles. The van der Waals surface area contributed by atoms with Crippen molar-refractivity contribution in [1.29, 1.82) is 0 Å². The van der Waals surface area contributed by atoms with E-state index in [2.05, 4.69) is 16.2 Å². The molecule has 31 heavy (non-hydrogen) atoms. The number of fused-ring (bicyclic) bond motifs is 1. The lowest BCUT2D eigenvalue weighted by molar-refractivity contribution is -0.128. The highest BCUT2D eigenvalue weighted by molar-refractivity contribution is 5.98. The Bertz CT molecular complexity index is 1150. The van der Waals surface area contributed by atoms with Crippen molar-refractivity contribution < 1.29 is 14.4 Å². The van der Waals surface area contributed by atoms with Crippen LogP contribution in [-0.4, -0.2) is 17.7 Å². The van der Waals surface area contributed by atoms with E-state index in [-0.39, 0.29) is 18.7 Å². The predicted octanol–water partition coefficient (Wildman–Crippen LogP) is 4.04.